The Labute approximate surface area is 65.0 Å². The van der Waals surface area contributed by atoms with E-state index in [9.17, 15) is 9.90 Å². The zero-order valence-corrected chi connectivity index (χ0v) is 6.45. The van der Waals surface area contributed by atoms with Crippen molar-refractivity contribution in [2.45, 2.75) is 25.0 Å². The fourth-order valence-corrected chi connectivity index (χ4v) is 0.778. The summed E-state index contributed by atoms with van der Waals surface area (Å²) >= 11 is 0. The van der Waals surface area contributed by atoms with Crippen LogP contribution in [0.5, 0.6) is 0 Å². The van der Waals surface area contributed by atoms with Crippen LogP contribution >= 0.6 is 0 Å². The molecular weight excluding hydrogens is 148 g/mol. The van der Waals surface area contributed by atoms with E-state index in [0.717, 1.165) is 0 Å². The highest BCUT2D eigenvalue weighted by Gasteiger charge is 2.13. The summed E-state index contributed by atoms with van der Waals surface area (Å²) in [6.45, 7) is 0.598. The van der Waals surface area contributed by atoms with E-state index in [1.54, 1.807) is 0 Å². The zero-order valence-electron chi connectivity index (χ0n) is 6.45. The molecule has 0 heterocycles. The summed E-state index contributed by atoms with van der Waals surface area (Å²) in [5.41, 5.74) is 6.85. The smallest absolute Gasteiger partial charge is 0.127 e. The maximum absolute atomic E-state index is 10.1. The molecule has 0 saturated heterocycles. The molecule has 66 valence electrons. The molecule has 0 saturated carbocycles. The molecular formula is C6H15N2O3+. The Balaban J connectivity index is 3.56. The first-order chi connectivity index (χ1) is 5.07. The summed E-state index contributed by atoms with van der Waals surface area (Å²) in [7, 11) is 0. The van der Waals surface area contributed by atoms with Crippen molar-refractivity contribution in [1.29, 1.82) is 0 Å². The highest BCUT2D eigenvalue weighted by molar-refractivity contribution is 5.69. The highest BCUT2D eigenvalue weighted by Crippen LogP contribution is 1.96. The molecule has 5 nitrogen and oxygen atoms in total. The first-order valence-corrected chi connectivity index (χ1v) is 3.59. The maximum atomic E-state index is 10.1. The number of carboxylic acid groups (broad SMARTS) is 1. The Bertz CT molecular complexity index is 129. The van der Waals surface area contributed by atoms with Gasteiger partial charge < -0.3 is 26.5 Å². The van der Waals surface area contributed by atoms with Gasteiger partial charge in [0.15, 0.2) is 0 Å². The molecule has 0 radical (unpaired) electrons. The molecule has 0 aromatic rings. The fraction of sp³-hybridized carbons (Fsp3) is 0.833. The lowest BCUT2D eigenvalue weighted by Gasteiger charge is -2.12. The standard InChI is InChI=1S/C6H14N2O3/c7-2-1-4(9)3-5(8)6(10)11/h4-5,9H,1-3,7-8H2,(H,10,11)/p+1/t4?,5-/m0/s1. The highest BCUT2D eigenvalue weighted by atomic mass is 16.4. The Morgan fingerprint density at radius 3 is 2.55 bits per heavy atom. The monoisotopic (exact) mass is 163 g/mol. The molecule has 0 spiro atoms. The molecule has 0 rings (SSSR count). The number of carbonyl (C=O) groups is 1. The maximum Gasteiger partial charge on any atom is 0.127 e. The fourth-order valence-electron chi connectivity index (χ4n) is 0.778. The normalized spacial score (nSPS) is 15.9. The van der Waals surface area contributed by atoms with E-state index in [1.165, 1.54) is 0 Å². The van der Waals surface area contributed by atoms with E-state index in [4.69, 9.17) is 5.11 Å². The number of carboxylic acids is 1. The third kappa shape index (κ3) is 4.72. The van der Waals surface area contributed by atoms with Crippen molar-refractivity contribution in [3.63, 3.8) is 0 Å². The lowest BCUT2D eigenvalue weighted by atomic mass is 10.1. The van der Waals surface area contributed by atoms with Crippen molar-refractivity contribution < 1.29 is 26.5 Å². The molecule has 0 aromatic heterocycles. The van der Waals surface area contributed by atoms with E-state index in [1.807, 2.05) is 0 Å². The van der Waals surface area contributed by atoms with Crippen LogP contribution in [0.25, 0.3) is 0 Å². The predicted octanol–water partition coefficient (Wildman–Crippen LogP) is -4.27. The van der Waals surface area contributed by atoms with Crippen molar-refractivity contribution in [3.05, 3.63) is 0 Å². The summed E-state index contributed by atoms with van der Waals surface area (Å²) < 4.78 is 0. The molecule has 0 bridgehead atoms. The van der Waals surface area contributed by atoms with Crippen molar-refractivity contribution in [3.8, 4) is 0 Å². The summed E-state index contributed by atoms with van der Waals surface area (Å²) in [6.07, 6.45) is 0.0462. The van der Waals surface area contributed by atoms with Crippen LogP contribution in [0.4, 0.5) is 0 Å². The summed E-state index contributed by atoms with van der Waals surface area (Å²) in [5, 5.41) is 19.2. The average molecular weight is 163 g/mol. The summed E-state index contributed by atoms with van der Waals surface area (Å²) in [6, 6.07) is -0.823. The van der Waals surface area contributed by atoms with Crippen molar-refractivity contribution in [1.82, 2.24) is 0 Å². The first kappa shape index (κ1) is 10.3. The lowest BCUT2D eigenvalue weighted by Crippen LogP contribution is -2.69. The number of aliphatic hydroxyl groups excluding tert-OH is 1. The summed E-state index contributed by atoms with van der Waals surface area (Å²) in [5.74, 6) is -1.21. The lowest BCUT2D eigenvalue weighted by molar-refractivity contribution is -0.441. The zero-order chi connectivity index (χ0) is 8.85. The van der Waals surface area contributed by atoms with Gasteiger partial charge in [-0.1, -0.05) is 0 Å². The van der Waals surface area contributed by atoms with Crippen molar-refractivity contribution >= 4 is 5.97 Å². The second-order valence-electron chi connectivity index (χ2n) is 2.55. The SMILES string of the molecule is [NH3+]CCC(O)C[C@H]([NH3+])C(=O)[O-]. The molecule has 11 heavy (non-hydrogen) atoms. The Hall–Kier alpha value is -0.650. The number of rotatable bonds is 5. The topological polar surface area (TPSA) is 116 Å². The minimum absolute atomic E-state index is 0.151. The molecule has 0 aliphatic rings. The van der Waals surface area contributed by atoms with Gasteiger partial charge in [-0.05, 0) is 0 Å². The van der Waals surface area contributed by atoms with Gasteiger partial charge in [0.05, 0.1) is 18.6 Å². The van der Waals surface area contributed by atoms with Gasteiger partial charge in [-0.3, -0.25) is 0 Å². The molecule has 0 amide bonds. The minimum Gasteiger partial charge on any atom is -0.544 e. The van der Waals surface area contributed by atoms with E-state index in [-0.39, 0.29) is 6.42 Å². The van der Waals surface area contributed by atoms with Crippen LogP contribution in [0, 0.1) is 0 Å². The van der Waals surface area contributed by atoms with E-state index in [2.05, 4.69) is 11.5 Å². The van der Waals surface area contributed by atoms with Crippen LogP contribution in [-0.4, -0.2) is 29.8 Å². The number of quaternary nitrogens is 2. The third-order valence-electron chi connectivity index (χ3n) is 1.43. The van der Waals surface area contributed by atoms with Gasteiger partial charge in [0, 0.05) is 12.8 Å². The first-order valence-electron chi connectivity index (χ1n) is 3.59. The largest absolute Gasteiger partial charge is 0.544 e. The number of aliphatic hydroxyl groups is 1. The van der Waals surface area contributed by atoms with Crippen molar-refractivity contribution in [2.24, 2.45) is 0 Å². The Morgan fingerprint density at radius 1 is 1.64 bits per heavy atom. The number of hydrogen-bond donors (Lipinski definition) is 3. The molecule has 1 unspecified atom stereocenters. The molecule has 5 heteroatoms. The number of carbonyl (C=O) groups excluding carboxylic acids is 1. The molecule has 0 aromatic carbocycles. The average Bonchev–Trinajstić information content (AvgIpc) is 1.87. The molecule has 0 aliphatic heterocycles. The summed E-state index contributed by atoms with van der Waals surface area (Å²) in [4.78, 5) is 10.1. The number of hydrogen-bond acceptors (Lipinski definition) is 3. The van der Waals surface area contributed by atoms with Crippen LogP contribution in [0.3, 0.4) is 0 Å². The second-order valence-corrected chi connectivity index (χ2v) is 2.55. The van der Waals surface area contributed by atoms with Crippen molar-refractivity contribution in [2.75, 3.05) is 6.54 Å². The molecule has 0 aliphatic carbocycles. The Morgan fingerprint density at radius 2 is 2.18 bits per heavy atom. The molecule has 7 N–H and O–H groups in total. The van der Waals surface area contributed by atoms with Crippen LogP contribution in [0.15, 0.2) is 0 Å². The van der Waals surface area contributed by atoms with Crippen LogP contribution in [-0.2, 0) is 4.79 Å². The van der Waals surface area contributed by atoms with Crippen LogP contribution < -0.4 is 16.6 Å². The predicted molar refractivity (Wildman–Crippen MR) is 34.7 cm³/mol. The molecule has 2 atom stereocenters. The minimum atomic E-state index is -1.21. The van der Waals surface area contributed by atoms with Gasteiger partial charge in [0.25, 0.3) is 0 Å². The Kier molecular flexibility index (Phi) is 4.76. The van der Waals surface area contributed by atoms with E-state index in [0.29, 0.717) is 13.0 Å². The van der Waals surface area contributed by atoms with Gasteiger partial charge in [0.1, 0.15) is 6.04 Å². The van der Waals surface area contributed by atoms with Gasteiger partial charge in [0.2, 0.25) is 0 Å². The van der Waals surface area contributed by atoms with E-state index >= 15 is 0 Å². The second kappa shape index (κ2) is 5.06. The van der Waals surface area contributed by atoms with Gasteiger partial charge in [-0.2, -0.15) is 0 Å². The molecule has 0 fully saturated rings. The third-order valence-corrected chi connectivity index (χ3v) is 1.43. The quantitative estimate of drug-likeness (QED) is 0.381. The van der Waals surface area contributed by atoms with E-state index < -0.39 is 18.1 Å². The van der Waals surface area contributed by atoms with Crippen LogP contribution in [0.1, 0.15) is 12.8 Å². The van der Waals surface area contributed by atoms with Gasteiger partial charge in [-0.15, -0.1) is 0 Å². The number of aliphatic carboxylic acids is 1. The van der Waals surface area contributed by atoms with Gasteiger partial charge in [-0.25, -0.2) is 0 Å². The van der Waals surface area contributed by atoms with Crippen LogP contribution in [0.2, 0.25) is 0 Å². The van der Waals surface area contributed by atoms with Gasteiger partial charge >= 0.3 is 0 Å².